The van der Waals surface area contributed by atoms with Crippen LogP contribution in [-0.2, 0) is 13.0 Å². The minimum absolute atomic E-state index is 0.935. The van der Waals surface area contributed by atoms with E-state index in [-0.39, 0.29) is 0 Å². The highest BCUT2D eigenvalue weighted by atomic mass is 35.5. The van der Waals surface area contributed by atoms with Crippen LogP contribution in [0.5, 0.6) is 0 Å². The van der Waals surface area contributed by atoms with Gasteiger partial charge in [-0.1, -0.05) is 79.9 Å². The Morgan fingerprint density at radius 3 is 2.38 bits per heavy atom. The highest BCUT2D eigenvalue weighted by molar-refractivity contribution is 7.16. The molecule has 0 saturated heterocycles. The number of allylic oxidation sites excluding steroid dienone is 5. The van der Waals surface area contributed by atoms with E-state index in [9.17, 15) is 0 Å². The highest BCUT2D eigenvalue weighted by Gasteiger charge is 2.15. The SMILES string of the molecule is C=C/C(=C(/C)N=CC)c1ccccc1.C=CC=C.CN1CCc2cc(Cl)sc2C1. The van der Waals surface area contributed by atoms with Crippen LogP contribution in [0, 0.1) is 0 Å². The van der Waals surface area contributed by atoms with E-state index in [1.165, 1.54) is 17.0 Å². The average Bonchev–Trinajstić information content (AvgIpc) is 3.09. The Hall–Kier alpha value is -2.20. The molecule has 0 unspecified atom stereocenters. The predicted octanol–water partition coefficient (Wildman–Crippen LogP) is 7.44. The molecule has 0 N–H and O–H groups in total. The second kappa shape index (κ2) is 13.9. The summed E-state index contributed by atoms with van der Waals surface area (Å²) in [6, 6.07) is 12.3. The van der Waals surface area contributed by atoms with Gasteiger partial charge in [-0.25, -0.2) is 0 Å². The normalized spacial score (nSPS) is 13.8. The molecular weight excluding hydrogens is 396 g/mol. The minimum Gasteiger partial charge on any atom is -0.301 e. The van der Waals surface area contributed by atoms with Crippen LogP contribution in [-0.4, -0.2) is 24.7 Å². The summed E-state index contributed by atoms with van der Waals surface area (Å²) in [5.41, 5.74) is 4.70. The minimum atomic E-state index is 0.935. The van der Waals surface area contributed by atoms with E-state index < -0.39 is 0 Å². The summed E-state index contributed by atoms with van der Waals surface area (Å²) in [5, 5.41) is 0. The highest BCUT2D eigenvalue weighted by Crippen LogP contribution is 2.30. The van der Waals surface area contributed by atoms with Gasteiger partial charge in [-0.2, -0.15) is 0 Å². The van der Waals surface area contributed by atoms with Gasteiger partial charge < -0.3 is 4.90 Å². The lowest BCUT2D eigenvalue weighted by Crippen LogP contribution is -2.24. The lowest BCUT2D eigenvalue weighted by atomic mass is 10.0. The van der Waals surface area contributed by atoms with E-state index in [1.54, 1.807) is 29.7 Å². The van der Waals surface area contributed by atoms with Crippen LogP contribution < -0.4 is 0 Å². The number of hydrogen-bond donors (Lipinski definition) is 0. The van der Waals surface area contributed by atoms with Gasteiger partial charge in [0.1, 0.15) is 0 Å². The van der Waals surface area contributed by atoms with Crippen LogP contribution in [0.25, 0.3) is 5.57 Å². The molecule has 1 aromatic heterocycles. The molecule has 3 rings (SSSR count). The summed E-state index contributed by atoms with van der Waals surface area (Å²) in [4.78, 5) is 8.03. The van der Waals surface area contributed by atoms with Crippen LogP contribution in [0.2, 0.25) is 4.34 Å². The van der Waals surface area contributed by atoms with Gasteiger partial charge in [-0.3, -0.25) is 4.99 Å². The summed E-state index contributed by atoms with van der Waals surface area (Å²) in [6.45, 7) is 16.7. The van der Waals surface area contributed by atoms with Crippen LogP contribution in [0.15, 0.2) is 85.1 Å². The number of nitrogens with zero attached hydrogens (tertiary/aromatic N) is 2. The molecule has 4 heteroatoms. The van der Waals surface area contributed by atoms with Crippen LogP contribution in [0.1, 0.15) is 29.9 Å². The third kappa shape index (κ3) is 8.78. The second-order valence-corrected chi connectivity index (χ2v) is 8.18. The molecule has 1 aliphatic heterocycles. The Bertz CT molecular complexity index is 841. The molecule has 1 aliphatic rings. The smallest absolute Gasteiger partial charge is 0.0934 e. The first-order chi connectivity index (χ1) is 14.0. The fraction of sp³-hybridized carbons (Fsp3) is 0.240. The van der Waals surface area contributed by atoms with Gasteiger partial charge in [-0.15, -0.1) is 11.3 Å². The van der Waals surface area contributed by atoms with Crippen molar-refractivity contribution in [2.24, 2.45) is 4.99 Å². The third-order valence-corrected chi connectivity index (χ3v) is 5.50. The van der Waals surface area contributed by atoms with Crippen molar-refractivity contribution in [2.75, 3.05) is 13.6 Å². The molecule has 0 saturated carbocycles. The zero-order valence-corrected chi connectivity index (χ0v) is 19.3. The van der Waals surface area contributed by atoms with Gasteiger partial charge in [0.05, 0.1) is 4.34 Å². The standard InChI is InChI=1S/C13H15N.C8H10ClNS.C4H6/c1-4-13(11(3)14-5-2)12-9-7-6-8-10-12;1-10-3-2-6-4-8(9)11-7(6)5-10;1-3-4-2/h4-10H,1H2,2-3H3;4H,2-3,5H2,1H3;3-4H,1-2H2/b13-11+,14-5?;;. The third-order valence-electron chi connectivity index (χ3n) is 4.21. The zero-order valence-electron chi connectivity index (χ0n) is 17.7. The molecule has 1 aromatic carbocycles. The molecule has 2 aromatic rings. The number of rotatable bonds is 4. The van der Waals surface area contributed by atoms with Crippen LogP contribution in [0.3, 0.4) is 0 Å². The summed E-state index contributed by atoms with van der Waals surface area (Å²) in [6.07, 6.45) is 8.08. The predicted molar refractivity (Wildman–Crippen MR) is 133 cm³/mol. The summed E-state index contributed by atoms with van der Waals surface area (Å²) >= 11 is 7.62. The molecule has 29 heavy (non-hydrogen) atoms. The first-order valence-corrected chi connectivity index (χ1v) is 10.7. The molecule has 0 atom stereocenters. The number of hydrogen-bond acceptors (Lipinski definition) is 3. The monoisotopic (exact) mass is 426 g/mol. The van der Waals surface area contributed by atoms with Gasteiger partial charge in [0.25, 0.3) is 0 Å². The molecule has 0 fully saturated rings. The molecular formula is C25H31ClN2S. The molecule has 2 heterocycles. The number of likely N-dealkylation sites (N-methyl/N-ethyl adjacent to an activating group) is 1. The van der Waals surface area contributed by atoms with Crippen molar-refractivity contribution in [1.82, 2.24) is 4.90 Å². The largest absolute Gasteiger partial charge is 0.301 e. The van der Waals surface area contributed by atoms with Crippen molar-refractivity contribution < 1.29 is 0 Å². The van der Waals surface area contributed by atoms with Crippen molar-refractivity contribution >= 4 is 34.7 Å². The zero-order chi connectivity index (χ0) is 21.6. The molecule has 0 aliphatic carbocycles. The molecule has 0 amide bonds. The Morgan fingerprint density at radius 2 is 1.83 bits per heavy atom. The van der Waals surface area contributed by atoms with Crippen molar-refractivity contribution in [2.45, 2.75) is 26.8 Å². The Balaban J connectivity index is 0.000000249. The Kier molecular flexibility index (Phi) is 11.9. The van der Waals surface area contributed by atoms with Crippen LogP contribution in [0.4, 0.5) is 0 Å². The van der Waals surface area contributed by atoms with E-state index >= 15 is 0 Å². The van der Waals surface area contributed by atoms with Gasteiger partial charge in [0.2, 0.25) is 0 Å². The number of halogens is 1. The number of aliphatic imine (C=N–C) groups is 1. The topological polar surface area (TPSA) is 15.6 Å². The van der Waals surface area contributed by atoms with Crippen molar-refractivity contribution in [3.63, 3.8) is 0 Å². The summed E-state index contributed by atoms with van der Waals surface area (Å²) < 4.78 is 0.935. The van der Waals surface area contributed by atoms with E-state index in [4.69, 9.17) is 11.6 Å². The van der Waals surface area contributed by atoms with E-state index in [0.717, 1.165) is 34.1 Å². The Labute approximate surface area is 185 Å². The maximum absolute atomic E-state index is 5.90. The number of fused-ring (bicyclic) bond motifs is 1. The lowest BCUT2D eigenvalue weighted by Gasteiger charge is -2.21. The van der Waals surface area contributed by atoms with Gasteiger partial charge >= 0.3 is 0 Å². The Morgan fingerprint density at radius 1 is 1.17 bits per heavy atom. The maximum Gasteiger partial charge on any atom is 0.0934 e. The van der Waals surface area contributed by atoms with Crippen LogP contribution >= 0.6 is 22.9 Å². The lowest BCUT2D eigenvalue weighted by molar-refractivity contribution is 0.317. The molecule has 0 radical (unpaired) electrons. The van der Waals surface area contributed by atoms with Gasteiger partial charge in [0, 0.05) is 35.5 Å². The van der Waals surface area contributed by atoms with Gasteiger partial charge in [0.15, 0.2) is 0 Å². The van der Waals surface area contributed by atoms with Gasteiger partial charge in [-0.05, 0) is 44.5 Å². The van der Waals surface area contributed by atoms with E-state index in [1.807, 2.05) is 38.1 Å². The first-order valence-electron chi connectivity index (χ1n) is 9.53. The molecule has 0 spiro atoms. The quantitative estimate of drug-likeness (QED) is 0.366. The fourth-order valence-corrected chi connectivity index (χ4v) is 4.19. The molecule has 0 bridgehead atoms. The van der Waals surface area contributed by atoms with Crippen molar-refractivity contribution in [1.29, 1.82) is 0 Å². The molecule has 2 nitrogen and oxygen atoms in total. The average molecular weight is 427 g/mol. The summed E-state index contributed by atoms with van der Waals surface area (Å²) in [7, 11) is 2.15. The second-order valence-electron chi connectivity index (χ2n) is 6.41. The van der Waals surface area contributed by atoms with Crippen molar-refractivity contribution in [3.05, 3.63) is 100 Å². The first kappa shape index (κ1) is 24.8. The summed E-state index contributed by atoms with van der Waals surface area (Å²) in [5.74, 6) is 0. The maximum atomic E-state index is 5.90. The van der Waals surface area contributed by atoms with Crippen molar-refractivity contribution in [3.8, 4) is 0 Å². The molecule has 154 valence electrons. The van der Waals surface area contributed by atoms with E-state index in [2.05, 4.69) is 54.9 Å². The fourth-order valence-electron chi connectivity index (χ4n) is 2.77. The number of benzene rings is 1. The number of thiophene rings is 1. The van der Waals surface area contributed by atoms with E-state index in [0.29, 0.717) is 0 Å².